The highest BCUT2D eigenvalue weighted by Crippen LogP contribution is 2.18. The van der Waals surface area contributed by atoms with Crippen LogP contribution < -0.4 is 10.6 Å². The molecule has 0 fully saturated rings. The largest absolute Gasteiger partial charge is 0.374 e. The van der Waals surface area contributed by atoms with Gasteiger partial charge in [-0.05, 0) is 36.5 Å². The van der Waals surface area contributed by atoms with Crippen molar-refractivity contribution in [2.45, 2.75) is 32.4 Å². The Balaban J connectivity index is 0.00000341. The van der Waals surface area contributed by atoms with E-state index in [0.29, 0.717) is 19.1 Å². The Morgan fingerprint density at radius 3 is 2.55 bits per heavy atom. The summed E-state index contributed by atoms with van der Waals surface area (Å²) in [5, 5.41) is 6.37. The molecule has 0 aromatic heterocycles. The second-order valence-electron chi connectivity index (χ2n) is 7.46. The fraction of sp³-hybridized carbons (Fsp3) is 0.417. The van der Waals surface area contributed by atoms with Crippen LogP contribution >= 0.6 is 24.0 Å². The molecule has 7 heteroatoms. The van der Waals surface area contributed by atoms with Gasteiger partial charge >= 0.3 is 0 Å². The van der Waals surface area contributed by atoms with Crippen LogP contribution in [-0.2, 0) is 22.5 Å². The van der Waals surface area contributed by atoms with E-state index in [1.54, 1.807) is 7.05 Å². The summed E-state index contributed by atoms with van der Waals surface area (Å²) in [6.45, 7) is 5.13. The smallest absolute Gasteiger partial charge is 0.242 e. The van der Waals surface area contributed by atoms with Gasteiger partial charge in [-0.1, -0.05) is 54.6 Å². The molecule has 1 aliphatic heterocycles. The topological polar surface area (TPSA) is 66.0 Å². The van der Waals surface area contributed by atoms with Gasteiger partial charge in [-0.15, -0.1) is 24.0 Å². The first-order valence-electron chi connectivity index (χ1n) is 10.6. The van der Waals surface area contributed by atoms with E-state index in [4.69, 9.17) is 4.74 Å². The highest BCUT2D eigenvalue weighted by molar-refractivity contribution is 14.0. The number of hydrogen-bond donors (Lipinski definition) is 2. The maximum absolute atomic E-state index is 12.6. The van der Waals surface area contributed by atoms with Gasteiger partial charge < -0.3 is 20.3 Å². The van der Waals surface area contributed by atoms with Crippen molar-refractivity contribution in [2.75, 3.05) is 33.3 Å². The van der Waals surface area contributed by atoms with Gasteiger partial charge in [-0.2, -0.15) is 0 Å². The van der Waals surface area contributed by atoms with Crippen LogP contribution in [0.5, 0.6) is 0 Å². The zero-order valence-corrected chi connectivity index (χ0v) is 20.7. The van der Waals surface area contributed by atoms with Crippen LogP contribution in [0.4, 0.5) is 0 Å². The summed E-state index contributed by atoms with van der Waals surface area (Å²) in [5.74, 6) is 0.726. The fourth-order valence-electron chi connectivity index (χ4n) is 3.56. The average Bonchev–Trinajstić information content (AvgIpc) is 2.80. The van der Waals surface area contributed by atoms with Crippen LogP contribution in [0, 0.1) is 0 Å². The second-order valence-corrected chi connectivity index (χ2v) is 7.46. The fourth-order valence-corrected chi connectivity index (χ4v) is 3.56. The molecule has 6 nitrogen and oxygen atoms in total. The molecule has 168 valence electrons. The third kappa shape index (κ3) is 7.81. The molecule has 3 rings (SSSR count). The summed E-state index contributed by atoms with van der Waals surface area (Å²) >= 11 is 0. The third-order valence-electron chi connectivity index (χ3n) is 5.36. The van der Waals surface area contributed by atoms with Gasteiger partial charge in [0.25, 0.3) is 0 Å². The zero-order chi connectivity index (χ0) is 21.2. The number of rotatable bonds is 8. The maximum atomic E-state index is 12.6. The first kappa shape index (κ1) is 25.1. The van der Waals surface area contributed by atoms with Crippen LogP contribution in [0.3, 0.4) is 0 Å². The van der Waals surface area contributed by atoms with Gasteiger partial charge in [-0.3, -0.25) is 9.79 Å². The van der Waals surface area contributed by atoms with Crippen LogP contribution in [0.15, 0.2) is 59.6 Å². The molecular weight excluding hydrogens is 503 g/mol. The van der Waals surface area contributed by atoms with Crippen molar-refractivity contribution in [1.82, 2.24) is 15.5 Å². The van der Waals surface area contributed by atoms with E-state index in [9.17, 15) is 4.79 Å². The molecule has 0 saturated heterocycles. The standard InChI is InChI=1S/C24H32N4O2.HI/c1-19(20-9-4-3-5-10-20)30-16-8-14-26-24(25-2)27-17-23(29)28-15-13-21-11-6-7-12-22(21)18-28;/h3-7,9-12,19H,8,13-18H2,1-2H3,(H2,25,26,27);1H. The minimum atomic E-state index is 0. The highest BCUT2D eigenvalue weighted by atomic mass is 127. The van der Waals surface area contributed by atoms with E-state index in [-0.39, 0.29) is 42.5 Å². The lowest BCUT2D eigenvalue weighted by Crippen LogP contribution is -2.46. The lowest BCUT2D eigenvalue weighted by molar-refractivity contribution is -0.130. The third-order valence-corrected chi connectivity index (χ3v) is 5.36. The number of carbonyl (C=O) groups excluding carboxylic acids is 1. The molecule has 0 spiro atoms. The Kier molecular flexibility index (Phi) is 10.8. The van der Waals surface area contributed by atoms with E-state index >= 15 is 0 Å². The summed E-state index contributed by atoms with van der Waals surface area (Å²) in [5.41, 5.74) is 3.77. The average molecular weight is 536 g/mol. The Morgan fingerprint density at radius 2 is 1.81 bits per heavy atom. The highest BCUT2D eigenvalue weighted by Gasteiger charge is 2.20. The molecule has 31 heavy (non-hydrogen) atoms. The van der Waals surface area contributed by atoms with Crippen molar-refractivity contribution in [1.29, 1.82) is 0 Å². The number of halogens is 1. The van der Waals surface area contributed by atoms with Crippen molar-refractivity contribution in [2.24, 2.45) is 4.99 Å². The number of ether oxygens (including phenoxy) is 1. The van der Waals surface area contributed by atoms with E-state index < -0.39 is 0 Å². The monoisotopic (exact) mass is 536 g/mol. The molecule has 1 atom stereocenters. The van der Waals surface area contributed by atoms with Crippen LogP contribution in [0.2, 0.25) is 0 Å². The normalized spacial score (nSPS) is 14.3. The lowest BCUT2D eigenvalue weighted by atomic mass is 10.00. The van der Waals surface area contributed by atoms with Crippen molar-refractivity contribution >= 4 is 35.8 Å². The van der Waals surface area contributed by atoms with Gasteiger partial charge in [0.05, 0.1) is 12.6 Å². The molecule has 2 N–H and O–H groups in total. The van der Waals surface area contributed by atoms with Gasteiger partial charge in [0, 0.05) is 33.3 Å². The number of hydrogen-bond acceptors (Lipinski definition) is 3. The number of carbonyl (C=O) groups is 1. The zero-order valence-electron chi connectivity index (χ0n) is 18.3. The number of guanidine groups is 1. The minimum absolute atomic E-state index is 0. The van der Waals surface area contributed by atoms with E-state index in [2.05, 4.69) is 52.9 Å². The molecule has 1 unspecified atom stereocenters. The van der Waals surface area contributed by atoms with Crippen LogP contribution in [0.25, 0.3) is 0 Å². The van der Waals surface area contributed by atoms with Gasteiger partial charge in [0.15, 0.2) is 5.96 Å². The first-order chi connectivity index (χ1) is 14.7. The van der Waals surface area contributed by atoms with E-state index in [1.165, 1.54) is 16.7 Å². The number of nitrogens with one attached hydrogen (secondary N) is 2. The molecule has 0 saturated carbocycles. The quantitative estimate of drug-likeness (QED) is 0.235. The molecular formula is C24H33IN4O2. The van der Waals surface area contributed by atoms with E-state index in [0.717, 1.165) is 25.9 Å². The van der Waals surface area contributed by atoms with Gasteiger partial charge in [-0.25, -0.2) is 0 Å². The van der Waals surface area contributed by atoms with Crippen molar-refractivity contribution in [3.05, 3.63) is 71.3 Å². The van der Waals surface area contributed by atoms with Gasteiger partial charge in [0.1, 0.15) is 0 Å². The number of aliphatic imine (C=N–C) groups is 1. The predicted octanol–water partition coefficient (Wildman–Crippen LogP) is 3.52. The number of benzene rings is 2. The minimum Gasteiger partial charge on any atom is -0.374 e. The van der Waals surface area contributed by atoms with Crippen molar-refractivity contribution in [3.63, 3.8) is 0 Å². The number of fused-ring (bicyclic) bond motifs is 1. The molecule has 0 aliphatic carbocycles. The molecule has 1 amide bonds. The molecule has 2 aromatic carbocycles. The molecule has 0 bridgehead atoms. The van der Waals surface area contributed by atoms with E-state index in [1.807, 2.05) is 29.2 Å². The maximum Gasteiger partial charge on any atom is 0.242 e. The summed E-state index contributed by atoms with van der Waals surface area (Å²) in [6, 6.07) is 18.5. The SMILES string of the molecule is CN=C(NCCCOC(C)c1ccccc1)NCC(=O)N1CCc2ccccc2C1.I. The Bertz CT molecular complexity index is 844. The summed E-state index contributed by atoms with van der Waals surface area (Å²) in [6.07, 6.45) is 1.85. The molecule has 1 aliphatic rings. The number of amides is 1. The molecule has 0 radical (unpaired) electrons. The first-order valence-corrected chi connectivity index (χ1v) is 10.6. The molecule has 1 heterocycles. The Labute approximate surface area is 202 Å². The summed E-state index contributed by atoms with van der Waals surface area (Å²) in [7, 11) is 1.71. The second kappa shape index (κ2) is 13.3. The number of nitrogens with zero attached hydrogens (tertiary/aromatic N) is 2. The van der Waals surface area contributed by atoms with Gasteiger partial charge in [0.2, 0.25) is 5.91 Å². The summed E-state index contributed by atoms with van der Waals surface area (Å²) in [4.78, 5) is 18.7. The van der Waals surface area contributed by atoms with Crippen molar-refractivity contribution in [3.8, 4) is 0 Å². The predicted molar refractivity (Wildman–Crippen MR) is 136 cm³/mol. The van der Waals surface area contributed by atoms with Crippen LogP contribution in [0.1, 0.15) is 36.1 Å². The molecule has 2 aromatic rings. The Morgan fingerprint density at radius 1 is 1.10 bits per heavy atom. The summed E-state index contributed by atoms with van der Waals surface area (Å²) < 4.78 is 5.89. The van der Waals surface area contributed by atoms with Crippen LogP contribution in [-0.4, -0.2) is 50.1 Å². The van der Waals surface area contributed by atoms with Crippen molar-refractivity contribution < 1.29 is 9.53 Å². The lowest BCUT2D eigenvalue weighted by Gasteiger charge is -2.29. The Hall–Kier alpha value is -2.13.